The summed E-state index contributed by atoms with van der Waals surface area (Å²) in [5.41, 5.74) is 3.62. The van der Waals surface area contributed by atoms with Crippen molar-refractivity contribution in [1.29, 1.82) is 10.5 Å². The van der Waals surface area contributed by atoms with E-state index in [0.717, 1.165) is 38.5 Å². The molecule has 0 aromatic carbocycles. The number of amidine groups is 1. The Morgan fingerprint density at radius 2 is 1.55 bits per heavy atom. The van der Waals surface area contributed by atoms with Gasteiger partial charge in [0.25, 0.3) is 5.84 Å². The highest BCUT2D eigenvalue weighted by molar-refractivity contribution is 5.95. The van der Waals surface area contributed by atoms with Gasteiger partial charge in [-0.05, 0) is 12.8 Å². The molecule has 22 heavy (non-hydrogen) atoms. The molecule has 2 aliphatic carbocycles. The Morgan fingerprint density at radius 1 is 1.00 bits per heavy atom. The molecule has 1 spiro atoms. The van der Waals surface area contributed by atoms with Gasteiger partial charge in [0.15, 0.2) is 10.8 Å². The highest BCUT2D eigenvalue weighted by Crippen LogP contribution is 2.85. The summed E-state index contributed by atoms with van der Waals surface area (Å²) in [6.45, 7) is 0. The first-order chi connectivity index (χ1) is 10.6. The van der Waals surface area contributed by atoms with Gasteiger partial charge in [-0.1, -0.05) is 32.1 Å². The van der Waals surface area contributed by atoms with Crippen LogP contribution in [0.25, 0.3) is 0 Å². The maximum absolute atomic E-state index is 10.1. The lowest BCUT2D eigenvalue weighted by Gasteiger charge is -2.32. The highest BCUT2D eigenvalue weighted by Gasteiger charge is 3.02. The largest absolute Gasteiger partial charge is 0.342 e. The average molecular weight is 303 g/mol. The van der Waals surface area contributed by atoms with E-state index in [9.17, 15) is 10.5 Å². The van der Waals surface area contributed by atoms with Gasteiger partial charge in [0, 0.05) is 19.6 Å². The van der Waals surface area contributed by atoms with Gasteiger partial charge in [0.2, 0.25) is 0 Å². The summed E-state index contributed by atoms with van der Waals surface area (Å²) in [5.74, 6) is -1.03. The molecule has 118 valence electrons. The summed E-state index contributed by atoms with van der Waals surface area (Å²) < 4.78 is 11.2. The highest BCUT2D eigenvalue weighted by atomic mass is 16.7. The summed E-state index contributed by atoms with van der Waals surface area (Å²) in [4.78, 5) is 2.96. The maximum atomic E-state index is 10.1. The molecule has 1 heterocycles. The molecule has 2 atom stereocenters. The van der Waals surface area contributed by atoms with Crippen LogP contribution in [0.4, 0.5) is 0 Å². The standard InChI is InChI=1S/C16H22N4O2/c1-21-16(22-2)15(11-18)13(8-6-4-3-5-7-9-13)14(15,10-17)12(19)20-16/h3-9H2,1-2H3,(H2,19,20)/p+1/t14-,15+/m0/s1. The first-order valence-corrected chi connectivity index (χ1v) is 7.92. The second-order valence-electron chi connectivity index (χ2n) is 6.64. The Hall–Kier alpha value is -1.63. The zero-order valence-corrected chi connectivity index (χ0v) is 13.2. The predicted octanol–water partition coefficient (Wildman–Crippen LogP) is 0.149. The van der Waals surface area contributed by atoms with Crippen LogP contribution >= 0.6 is 0 Å². The van der Waals surface area contributed by atoms with Gasteiger partial charge in [0.05, 0.1) is 12.1 Å². The third kappa shape index (κ3) is 1.22. The molecule has 2 fully saturated rings. The number of nitrogens with one attached hydrogen (secondary N) is 1. The lowest BCUT2D eigenvalue weighted by Crippen LogP contribution is -2.91. The van der Waals surface area contributed by atoms with Crippen molar-refractivity contribution in [2.45, 2.75) is 50.9 Å². The van der Waals surface area contributed by atoms with Crippen LogP contribution in [0.3, 0.4) is 0 Å². The minimum atomic E-state index is -1.35. The van der Waals surface area contributed by atoms with Crippen molar-refractivity contribution in [2.75, 3.05) is 14.2 Å². The third-order valence-electron chi connectivity index (χ3n) is 6.25. The van der Waals surface area contributed by atoms with Crippen LogP contribution < -0.4 is 10.7 Å². The number of fused-ring (bicyclic) bond motifs is 3. The second-order valence-corrected chi connectivity index (χ2v) is 6.64. The van der Waals surface area contributed by atoms with Crippen LogP contribution in [0.2, 0.25) is 0 Å². The quantitative estimate of drug-likeness (QED) is 0.706. The van der Waals surface area contributed by atoms with E-state index in [0.29, 0.717) is 5.84 Å². The Labute approximate surface area is 130 Å². The Balaban J connectivity index is 2.20. The molecule has 0 aromatic rings. The molecule has 0 radical (unpaired) electrons. The van der Waals surface area contributed by atoms with Crippen LogP contribution in [0.15, 0.2) is 0 Å². The number of methoxy groups -OCH3 is 2. The Bertz CT molecular complexity index is 590. The summed E-state index contributed by atoms with van der Waals surface area (Å²) >= 11 is 0. The minimum Gasteiger partial charge on any atom is -0.317 e. The van der Waals surface area contributed by atoms with Crippen molar-refractivity contribution < 1.29 is 14.5 Å². The van der Waals surface area contributed by atoms with Gasteiger partial charge in [-0.2, -0.15) is 10.5 Å². The molecule has 2 saturated carbocycles. The maximum Gasteiger partial charge on any atom is 0.342 e. The molecular formula is C16H23N4O2+. The van der Waals surface area contributed by atoms with Crippen molar-refractivity contribution in [3.05, 3.63) is 0 Å². The van der Waals surface area contributed by atoms with Gasteiger partial charge >= 0.3 is 5.91 Å². The fourth-order valence-corrected chi connectivity index (χ4v) is 5.34. The van der Waals surface area contributed by atoms with E-state index < -0.39 is 22.2 Å². The van der Waals surface area contributed by atoms with E-state index >= 15 is 0 Å². The number of nitriles is 2. The van der Waals surface area contributed by atoms with E-state index in [1.54, 1.807) is 0 Å². The molecule has 0 unspecified atom stereocenters. The summed E-state index contributed by atoms with van der Waals surface area (Å²) in [7, 11) is 2.98. The van der Waals surface area contributed by atoms with Crippen LogP contribution in [0.1, 0.15) is 44.9 Å². The van der Waals surface area contributed by atoms with E-state index in [-0.39, 0.29) is 0 Å². The summed E-state index contributed by atoms with van der Waals surface area (Å²) in [6, 6.07) is 4.78. The zero-order valence-electron chi connectivity index (χ0n) is 13.2. The Kier molecular flexibility index (Phi) is 3.25. The molecule has 0 bridgehead atoms. The van der Waals surface area contributed by atoms with E-state index in [1.165, 1.54) is 20.6 Å². The lowest BCUT2D eigenvalue weighted by molar-refractivity contribution is -0.690. The van der Waals surface area contributed by atoms with E-state index in [2.05, 4.69) is 17.1 Å². The Morgan fingerprint density at radius 3 is 2.00 bits per heavy atom. The van der Waals surface area contributed by atoms with Gasteiger partial charge in [-0.25, -0.2) is 4.99 Å². The second kappa shape index (κ2) is 4.68. The topological polar surface area (TPSA) is 106 Å². The van der Waals surface area contributed by atoms with Crippen molar-refractivity contribution in [3.63, 3.8) is 0 Å². The number of hydrogen-bond acceptors (Lipinski definition) is 5. The van der Waals surface area contributed by atoms with E-state index in [4.69, 9.17) is 15.2 Å². The van der Waals surface area contributed by atoms with Gasteiger partial charge < -0.3 is 9.47 Å². The number of nitrogens with zero attached hydrogens (tertiary/aromatic N) is 2. The fourth-order valence-electron chi connectivity index (χ4n) is 5.34. The molecule has 0 saturated heterocycles. The molecule has 0 aromatic heterocycles. The number of rotatable bonds is 2. The first-order valence-electron chi connectivity index (χ1n) is 7.92. The first kappa shape index (κ1) is 15.3. The molecule has 3 aliphatic rings. The molecular weight excluding hydrogens is 280 g/mol. The predicted molar refractivity (Wildman–Crippen MR) is 77.8 cm³/mol. The van der Waals surface area contributed by atoms with Crippen LogP contribution in [-0.4, -0.2) is 26.0 Å². The lowest BCUT2D eigenvalue weighted by atomic mass is 9.78. The average Bonchev–Trinajstić information content (AvgIpc) is 2.97. The number of nitrogens with two attached hydrogens (primary N) is 1. The monoisotopic (exact) mass is 303 g/mol. The fraction of sp³-hybridized carbons (Fsp3) is 0.812. The molecule has 3 N–H and O–H groups in total. The molecule has 1 aliphatic heterocycles. The van der Waals surface area contributed by atoms with Gasteiger partial charge in [-0.15, -0.1) is 0 Å². The van der Waals surface area contributed by atoms with Crippen molar-refractivity contribution in [1.82, 2.24) is 0 Å². The minimum absolute atomic E-state index is 0.320. The summed E-state index contributed by atoms with van der Waals surface area (Å²) in [6.07, 6.45) is 7.10. The zero-order chi connectivity index (χ0) is 16.1. The number of ether oxygens (including phenoxy) is 2. The molecule has 0 amide bonds. The third-order valence-corrected chi connectivity index (χ3v) is 6.25. The molecule has 6 nitrogen and oxygen atoms in total. The normalized spacial score (nSPS) is 38.1. The van der Waals surface area contributed by atoms with Crippen molar-refractivity contribution in [2.24, 2.45) is 22.0 Å². The smallest absolute Gasteiger partial charge is 0.317 e. The summed E-state index contributed by atoms with van der Waals surface area (Å²) in [5, 5.41) is 20.1. The van der Waals surface area contributed by atoms with Gasteiger partial charge in [-0.3, -0.25) is 5.73 Å². The van der Waals surface area contributed by atoms with Crippen molar-refractivity contribution in [3.8, 4) is 12.1 Å². The van der Waals surface area contributed by atoms with Gasteiger partial charge in [0.1, 0.15) is 0 Å². The van der Waals surface area contributed by atoms with Crippen LogP contribution in [0.5, 0.6) is 0 Å². The molecule has 6 heteroatoms. The number of hydrogen-bond donors (Lipinski definition) is 2. The van der Waals surface area contributed by atoms with Crippen LogP contribution in [0, 0.1) is 38.9 Å². The molecule has 3 rings (SSSR count). The van der Waals surface area contributed by atoms with E-state index in [1.807, 2.05) is 0 Å². The van der Waals surface area contributed by atoms with Crippen molar-refractivity contribution >= 4 is 5.84 Å². The SMILES string of the molecule is COC1(OC)[NH+]=C(N)[C@@]2(C#N)C3(CCCCCCC3)[C@@]12C#N. The van der Waals surface area contributed by atoms with Crippen LogP contribution in [-0.2, 0) is 9.47 Å².